The zero-order valence-corrected chi connectivity index (χ0v) is 11.5. The molecule has 1 aromatic rings. The monoisotopic (exact) mass is 236 g/mol. The van der Waals surface area contributed by atoms with E-state index in [9.17, 15) is 0 Å². The number of hydrogen-bond acceptors (Lipinski definition) is 4. The van der Waals surface area contributed by atoms with E-state index in [2.05, 4.69) is 48.3 Å². The lowest BCUT2D eigenvalue weighted by molar-refractivity contribution is 0.606. The van der Waals surface area contributed by atoms with Crippen LogP contribution in [0.15, 0.2) is 6.07 Å². The van der Waals surface area contributed by atoms with E-state index in [-0.39, 0.29) is 0 Å². The van der Waals surface area contributed by atoms with Crippen LogP contribution in [0.25, 0.3) is 0 Å². The summed E-state index contributed by atoms with van der Waals surface area (Å²) in [5, 5.41) is 6.43. The van der Waals surface area contributed by atoms with Gasteiger partial charge in [-0.3, -0.25) is 0 Å². The Kier molecular flexibility index (Phi) is 5.19. The largest absolute Gasteiger partial charge is 0.373 e. The standard InChI is InChI=1S/C13H24N4/c1-9(2)6-7-15-12-8-11(14-5)16-13(17-12)10(3)4/h8-10H,6-7H2,1-5H3,(H2,14,15,16,17). The van der Waals surface area contributed by atoms with Gasteiger partial charge in [-0.1, -0.05) is 27.7 Å². The highest BCUT2D eigenvalue weighted by atomic mass is 15.1. The summed E-state index contributed by atoms with van der Waals surface area (Å²) in [6.07, 6.45) is 1.15. The molecule has 0 bridgehead atoms. The summed E-state index contributed by atoms with van der Waals surface area (Å²) in [7, 11) is 1.88. The molecule has 0 saturated heterocycles. The number of hydrogen-bond donors (Lipinski definition) is 2. The molecule has 0 saturated carbocycles. The van der Waals surface area contributed by atoms with Gasteiger partial charge in [-0.2, -0.15) is 0 Å². The second-order valence-corrected chi connectivity index (χ2v) is 5.01. The smallest absolute Gasteiger partial charge is 0.135 e. The summed E-state index contributed by atoms with van der Waals surface area (Å²) >= 11 is 0. The van der Waals surface area contributed by atoms with E-state index in [4.69, 9.17) is 0 Å². The maximum Gasteiger partial charge on any atom is 0.135 e. The molecule has 96 valence electrons. The molecular formula is C13H24N4. The summed E-state index contributed by atoms with van der Waals surface area (Å²) in [4.78, 5) is 8.95. The third-order valence-electron chi connectivity index (χ3n) is 2.54. The van der Waals surface area contributed by atoms with E-state index < -0.39 is 0 Å². The normalized spacial score (nSPS) is 11.0. The van der Waals surface area contributed by atoms with Crippen molar-refractivity contribution in [3.63, 3.8) is 0 Å². The summed E-state index contributed by atoms with van der Waals surface area (Å²) in [6, 6.07) is 1.95. The molecule has 0 fully saturated rings. The summed E-state index contributed by atoms with van der Waals surface area (Å²) in [5.74, 6) is 3.71. The maximum atomic E-state index is 4.52. The highest BCUT2D eigenvalue weighted by molar-refractivity contribution is 5.47. The van der Waals surface area contributed by atoms with Crippen molar-refractivity contribution < 1.29 is 0 Å². The van der Waals surface area contributed by atoms with Gasteiger partial charge in [0.05, 0.1) is 0 Å². The van der Waals surface area contributed by atoms with Gasteiger partial charge in [0.15, 0.2) is 0 Å². The van der Waals surface area contributed by atoms with E-state index in [1.165, 1.54) is 0 Å². The van der Waals surface area contributed by atoms with Crippen molar-refractivity contribution in [1.29, 1.82) is 0 Å². The van der Waals surface area contributed by atoms with Crippen LogP contribution in [-0.4, -0.2) is 23.6 Å². The first-order valence-corrected chi connectivity index (χ1v) is 6.33. The SMILES string of the molecule is CNc1cc(NCCC(C)C)nc(C(C)C)n1. The van der Waals surface area contributed by atoms with Crippen molar-refractivity contribution in [1.82, 2.24) is 9.97 Å². The molecule has 1 aromatic heterocycles. The highest BCUT2D eigenvalue weighted by Crippen LogP contribution is 2.16. The molecule has 4 nitrogen and oxygen atoms in total. The number of nitrogens with zero attached hydrogens (tertiary/aromatic N) is 2. The van der Waals surface area contributed by atoms with Crippen molar-refractivity contribution in [2.75, 3.05) is 24.2 Å². The van der Waals surface area contributed by atoms with Gasteiger partial charge in [0, 0.05) is 25.6 Å². The van der Waals surface area contributed by atoms with Crippen LogP contribution >= 0.6 is 0 Å². The topological polar surface area (TPSA) is 49.8 Å². The maximum absolute atomic E-state index is 4.52. The van der Waals surface area contributed by atoms with Crippen LogP contribution in [0.4, 0.5) is 11.6 Å². The summed E-state index contributed by atoms with van der Waals surface area (Å²) in [6.45, 7) is 9.61. The van der Waals surface area contributed by atoms with Gasteiger partial charge in [0.25, 0.3) is 0 Å². The number of rotatable bonds is 6. The van der Waals surface area contributed by atoms with Crippen LogP contribution in [0.5, 0.6) is 0 Å². The molecule has 1 heterocycles. The zero-order valence-electron chi connectivity index (χ0n) is 11.5. The highest BCUT2D eigenvalue weighted by Gasteiger charge is 2.07. The molecule has 2 N–H and O–H groups in total. The van der Waals surface area contributed by atoms with Crippen molar-refractivity contribution in [2.45, 2.75) is 40.0 Å². The van der Waals surface area contributed by atoms with Gasteiger partial charge in [-0.05, 0) is 12.3 Å². The van der Waals surface area contributed by atoms with Crippen LogP contribution in [0, 0.1) is 5.92 Å². The van der Waals surface area contributed by atoms with Crippen LogP contribution in [0.3, 0.4) is 0 Å². The fourth-order valence-corrected chi connectivity index (χ4v) is 1.43. The van der Waals surface area contributed by atoms with Crippen LogP contribution < -0.4 is 10.6 Å². The van der Waals surface area contributed by atoms with Crippen molar-refractivity contribution >= 4 is 11.6 Å². The first-order valence-electron chi connectivity index (χ1n) is 6.33. The number of nitrogens with one attached hydrogen (secondary N) is 2. The van der Waals surface area contributed by atoms with Crippen molar-refractivity contribution in [3.05, 3.63) is 11.9 Å². The number of anilines is 2. The van der Waals surface area contributed by atoms with Gasteiger partial charge in [-0.25, -0.2) is 9.97 Å². The van der Waals surface area contributed by atoms with Crippen molar-refractivity contribution in [2.24, 2.45) is 5.92 Å². The van der Waals surface area contributed by atoms with Crippen LogP contribution in [0.2, 0.25) is 0 Å². The molecule has 4 heteroatoms. The Bertz CT molecular complexity index is 347. The molecule has 0 spiro atoms. The Balaban J connectivity index is 2.73. The first kappa shape index (κ1) is 13.7. The molecule has 0 aliphatic rings. The van der Waals surface area contributed by atoms with Gasteiger partial charge < -0.3 is 10.6 Å². The second-order valence-electron chi connectivity index (χ2n) is 5.01. The molecular weight excluding hydrogens is 212 g/mol. The molecule has 17 heavy (non-hydrogen) atoms. The Labute approximate surface area is 104 Å². The Morgan fingerprint density at radius 1 is 1.12 bits per heavy atom. The van der Waals surface area contributed by atoms with E-state index in [1.807, 2.05) is 13.1 Å². The van der Waals surface area contributed by atoms with E-state index in [0.717, 1.165) is 30.4 Å². The first-order chi connectivity index (χ1) is 8.02. The average molecular weight is 236 g/mol. The quantitative estimate of drug-likeness (QED) is 0.797. The molecule has 0 atom stereocenters. The van der Waals surface area contributed by atoms with Crippen molar-refractivity contribution in [3.8, 4) is 0 Å². The van der Waals surface area contributed by atoms with E-state index >= 15 is 0 Å². The minimum atomic E-state index is 0.342. The third kappa shape index (κ3) is 4.59. The van der Waals surface area contributed by atoms with E-state index in [1.54, 1.807) is 0 Å². The summed E-state index contributed by atoms with van der Waals surface area (Å²) < 4.78 is 0. The lowest BCUT2D eigenvalue weighted by Gasteiger charge is -2.12. The zero-order chi connectivity index (χ0) is 12.8. The minimum Gasteiger partial charge on any atom is -0.373 e. The lowest BCUT2D eigenvalue weighted by Crippen LogP contribution is -2.10. The summed E-state index contributed by atoms with van der Waals surface area (Å²) in [5.41, 5.74) is 0. The molecule has 0 amide bonds. The lowest BCUT2D eigenvalue weighted by atomic mass is 10.1. The van der Waals surface area contributed by atoms with Gasteiger partial charge >= 0.3 is 0 Å². The third-order valence-corrected chi connectivity index (χ3v) is 2.54. The average Bonchev–Trinajstić information content (AvgIpc) is 2.28. The predicted molar refractivity (Wildman–Crippen MR) is 73.6 cm³/mol. The van der Waals surface area contributed by atoms with Crippen LogP contribution in [0.1, 0.15) is 45.9 Å². The Morgan fingerprint density at radius 2 is 1.76 bits per heavy atom. The molecule has 0 aliphatic heterocycles. The second kappa shape index (κ2) is 6.42. The Morgan fingerprint density at radius 3 is 2.29 bits per heavy atom. The minimum absolute atomic E-state index is 0.342. The predicted octanol–water partition coefficient (Wildman–Crippen LogP) is 3.10. The van der Waals surface area contributed by atoms with E-state index in [0.29, 0.717) is 11.8 Å². The number of aromatic nitrogens is 2. The molecule has 0 radical (unpaired) electrons. The molecule has 0 aliphatic carbocycles. The molecule has 0 aromatic carbocycles. The fraction of sp³-hybridized carbons (Fsp3) is 0.692. The van der Waals surface area contributed by atoms with Gasteiger partial charge in [-0.15, -0.1) is 0 Å². The molecule has 0 unspecified atom stereocenters. The van der Waals surface area contributed by atoms with Gasteiger partial charge in [0.2, 0.25) is 0 Å². The van der Waals surface area contributed by atoms with Crippen LogP contribution in [-0.2, 0) is 0 Å². The fourth-order valence-electron chi connectivity index (χ4n) is 1.43. The Hall–Kier alpha value is -1.32. The van der Waals surface area contributed by atoms with Gasteiger partial charge in [0.1, 0.15) is 17.5 Å². The molecule has 1 rings (SSSR count).